The number of ether oxygens (including phenoxy) is 2. The van der Waals surface area contributed by atoms with Gasteiger partial charge in [0, 0.05) is 25.4 Å². The minimum Gasteiger partial charge on any atom is -0.492 e. The lowest BCUT2D eigenvalue weighted by Gasteiger charge is -2.30. The van der Waals surface area contributed by atoms with Crippen molar-refractivity contribution >= 4 is 11.6 Å². The highest BCUT2D eigenvalue weighted by Gasteiger charge is 2.48. The summed E-state index contributed by atoms with van der Waals surface area (Å²) >= 11 is 0. The van der Waals surface area contributed by atoms with Gasteiger partial charge in [-0.3, -0.25) is 9.69 Å². The fourth-order valence-corrected chi connectivity index (χ4v) is 3.99. The molecule has 156 valence electrons. The molecule has 0 spiro atoms. The molecule has 1 saturated heterocycles. The lowest BCUT2D eigenvalue weighted by Crippen LogP contribution is -2.45. The van der Waals surface area contributed by atoms with E-state index in [1.807, 2.05) is 31.2 Å². The molecule has 0 radical (unpaired) electrons. The molecule has 1 heterocycles. The fraction of sp³-hybridized carbons (Fsp3) is 0.696. The maximum absolute atomic E-state index is 12.8. The minimum atomic E-state index is -0.725. The van der Waals surface area contributed by atoms with Gasteiger partial charge in [-0.15, -0.1) is 0 Å². The topological polar surface area (TPSA) is 50.8 Å². The van der Waals surface area contributed by atoms with Gasteiger partial charge < -0.3 is 14.8 Å². The van der Waals surface area contributed by atoms with E-state index in [9.17, 15) is 4.79 Å². The van der Waals surface area contributed by atoms with E-state index in [0.29, 0.717) is 19.1 Å². The van der Waals surface area contributed by atoms with Gasteiger partial charge in [-0.2, -0.15) is 0 Å². The number of piperidine rings is 1. The first-order valence-corrected chi connectivity index (χ1v) is 10.9. The summed E-state index contributed by atoms with van der Waals surface area (Å²) in [6.45, 7) is 10.9. The van der Waals surface area contributed by atoms with E-state index >= 15 is 0 Å². The molecule has 1 saturated carbocycles. The third-order valence-corrected chi connectivity index (χ3v) is 5.94. The van der Waals surface area contributed by atoms with Gasteiger partial charge in [0.2, 0.25) is 0 Å². The number of nitrogens with zero attached hydrogens (tertiary/aromatic N) is 1. The molecule has 2 aliphatic rings. The highest BCUT2D eigenvalue weighted by Crippen LogP contribution is 2.42. The summed E-state index contributed by atoms with van der Waals surface area (Å²) in [6.07, 6.45) is 5.68. The Balaban J connectivity index is 1.46. The number of carbonyl (C=O) groups is 1. The van der Waals surface area contributed by atoms with Gasteiger partial charge >= 0.3 is 0 Å². The molecule has 1 amide bonds. The molecule has 5 nitrogen and oxygen atoms in total. The average molecular weight is 389 g/mol. The van der Waals surface area contributed by atoms with Crippen molar-refractivity contribution < 1.29 is 14.3 Å². The smallest absolute Gasteiger partial charge is 0.256 e. The van der Waals surface area contributed by atoms with Crippen molar-refractivity contribution in [1.82, 2.24) is 4.90 Å². The van der Waals surface area contributed by atoms with Crippen LogP contribution in [0.15, 0.2) is 24.3 Å². The summed E-state index contributed by atoms with van der Waals surface area (Å²) < 4.78 is 11.8. The van der Waals surface area contributed by atoms with Crippen molar-refractivity contribution in [1.29, 1.82) is 0 Å². The molecule has 0 aromatic heterocycles. The lowest BCUT2D eigenvalue weighted by atomic mass is 9.98. The Labute approximate surface area is 169 Å². The largest absolute Gasteiger partial charge is 0.492 e. The highest BCUT2D eigenvalue weighted by atomic mass is 16.5. The Morgan fingerprint density at radius 2 is 1.96 bits per heavy atom. The monoisotopic (exact) mass is 388 g/mol. The molecule has 5 heteroatoms. The summed E-state index contributed by atoms with van der Waals surface area (Å²) in [5.74, 6) is 1.92. The van der Waals surface area contributed by atoms with Gasteiger partial charge in [-0.1, -0.05) is 13.8 Å². The lowest BCUT2D eigenvalue weighted by molar-refractivity contribution is -0.142. The number of anilines is 1. The first kappa shape index (κ1) is 21.1. The van der Waals surface area contributed by atoms with Crippen LogP contribution in [0.3, 0.4) is 0 Å². The third-order valence-electron chi connectivity index (χ3n) is 5.94. The number of benzene rings is 1. The number of amides is 1. The van der Waals surface area contributed by atoms with Crippen molar-refractivity contribution in [3.8, 4) is 5.75 Å². The number of nitrogens with one attached hydrogen (secondary N) is 1. The van der Waals surface area contributed by atoms with Crippen molar-refractivity contribution in [3.63, 3.8) is 0 Å². The van der Waals surface area contributed by atoms with Crippen LogP contribution in [0, 0.1) is 11.8 Å². The van der Waals surface area contributed by atoms with Crippen LogP contribution in [0.5, 0.6) is 5.75 Å². The molecular formula is C23H36N2O3. The van der Waals surface area contributed by atoms with E-state index < -0.39 is 5.60 Å². The van der Waals surface area contributed by atoms with Crippen molar-refractivity contribution in [2.75, 3.05) is 38.2 Å². The molecule has 1 aliphatic heterocycles. The van der Waals surface area contributed by atoms with Crippen LogP contribution in [0.2, 0.25) is 0 Å². The second kappa shape index (κ2) is 9.75. The van der Waals surface area contributed by atoms with Gasteiger partial charge in [-0.05, 0) is 81.7 Å². The van der Waals surface area contributed by atoms with Crippen LogP contribution in [0.1, 0.15) is 52.9 Å². The Morgan fingerprint density at radius 3 is 2.61 bits per heavy atom. The summed E-state index contributed by atoms with van der Waals surface area (Å²) in [5.41, 5.74) is 0.0608. The van der Waals surface area contributed by atoms with Gasteiger partial charge in [0.05, 0.1) is 0 Å². The zero-order valence-electron chi connectivity index (χ0n) is 17.7. The average Bonchev–Trinajstić information content (AvgIpc) is 3.53. The fourth-order valence-electron chi connectivity index (χ4n) is 3.99. The predicted octanol–water partition coefficient (Wildman–Crippen LogP) is 4.33. The molecule has 1 aliphatic carbocycles. The molecule has 0 bridgehead atoms. The molecule has 1 aromatic rings. The highest BCUT2D eigenvalue weighted by molar-refractivity contribution is 5.97. The first-order chi connectivity index (χ1) is 13.5. The first-order valence-electron chi connectivity index (χ1n) is 10.9. The van der Waals surface area contributed by atoms with E-state index in [1.54, 1.807) is 0 Å². The normalized spacial score (nSPS) is 22.5. The van der Waals surface area contributed by atoms with Crippen LogP contribution in [-0.4, -0.2) is 49.3 Å². The predicted molar refractivity (Wildman–Crippen MR) is 113 cm³/mol. The Morgan fingerprint density at radius 1 is 1.21 bits per heavy atom. The molecule has 1 aromatic carbocycles. The van der Waals surface area contributed by atoms with Gasteiger partial charge in [0.25, 0.3) is 5.91 Å². The van der Waals surface area contributed by atoms with E-state index in [1.165, 1.54) is 25.9 Å². The van der Waals surface area contributed by atoms with E-state index in [2.05, 4.69) is 24.1 Å². The Kier molecular flexibility index (Phi) is 7.36. The van der Waals surface area contributed by atoms with Gasteiger partial charge in [-0.25, -0.2) is 0 Å². The third kappa shape index (κ3) is 5.71. The summed E-state index contributed by atoms with van der Waals surface area (Å²) in [7, 11) is 0. The minimum absolute atomic E-state index is 0.0451. The number of hydrogen-bond donors (Lipinski definition) is 1. The number of hydrogen-bond acceptors (Lipinski definition) is 4. The van der Waals surface area contributed by atoms with E-state index in [4.69, 9.17) is 9.47 Å². The number of rotatable bonds is 10. The maximum atomic E-state index is 12.8. The van der Waals surface area contributed by atoms with Gasteiger partial charge in [0.15, 0.2) is 0 Å². The Bertz CT molecular complexity index is 629. The van der Waals surface area contributed by atoms with Crippen LogP contribution in [0.4, 0.5) is 5.69 Å². The summed E-state index contributed by atoms with van der Waals surface area (Å²) in [4.78, 5) is 15.3. The quantitative estimate of drug-likeness (QED) is 0.648. The standard InChI is InChI=1S/C23H36N2O3/c1-4-15-28-23(3,19-7-8-19)22(26)24-20-9-11-21(12-10-20)27-16-14-25-13-5-6-18(2)17-25/h9-12,18-19H,4-8,13-17H2,1-3H3,(H,24,26)/t18-,23+/m0/s1. The zero-order valence-corrected chi connectivity index (χ0v) is 17.7. The number of likely N-dealkylation sites (tertiary alicyclic amines) is 1. The molecule has 28 heavy (non-hydrogen) atoms. The number of carbonyl (C=O) groups excluding carboxylic acids is 1. The van der Waals surface area contributed by atoms with Crippen LogP contribution >= 0.6 is 0 Å². The molecule has 0 unspecified atom stereocenters. The molecule has 2 fully saturated rings. The second-order valence-electron chi connectivity index (χ2n) is 8.60. The van der Waals surface area contributed by atoms with Crippen LogP contribution in [0.25, 0.3) is 0 Å². The van der Waals surface area contributed by atoms with Crippen molar-refractivity contribution in [2.45, 2.75) is 58.5 Å². The molecule has 1 N–H and O–H groups in total. The maximum Gasteiger partial charge on any atom is 0.256 e. The molecule has 3 rings (SSSR count). The second-order valence-corrected chi connectivity index (χ2v) is 8.60. The summed E-state index contributed by atoms with van der Waals surface area (Å²) in [6, 6.07) is 7.66. The van der Waals surface area contributed by atoms with Gasteiger partial charge in [0.1, 0.15) is 18.0 Å². The van der Waals surface area contributed by atoms with Crippen molar-refractivity contribution in [3.05, 3.63) is 24.3 Å². The van der Waals surface area contributed by atoms with Crippen LogP contribution in [-0.2, 0) is 9.53 Å². The van der Waals surface area contributed by atoms with E-state index in [-0.39, 0.29) is 5.91 Å². The Hall–Kier alpha value is -1.59. The van der Waals surface area contributed by atoms with E-state index in [0.717, 1.165) is 43.2 Å². The van der Waals surface area contributed by atoms with Crippen molar-refractivity contribution in [2.24, 2.45) is 11.8 Å². The molecular weight excluding hydrogens is 352 g/mol. The summed E-state index contributed by atoms with van der Waals surface area (Å²) in [5, 5.41) is 3.02. The SMILES string of the molecule is CCCO[C@@](C)(C(=O)Nc1ccc(OCCN2CCC[C@H](C)C2)cc1)C1CC1. The van der Waals surface area contributed by atoms with Crippen LogP contribution < -0.4 is 10.1 Å². The molecule has 2 atom stereocenters. The zero-order chi connectivity index (χ0) is 20.0.